The molecule has 0 aromatic carbocycles. The summed E-state index contributed by atoms with van der Waals surface area (Å²) in [6, 6.07) is 26.3. The van der Waals surface area contributed by atoms with Gasteiger partial charge >= 0.3 is 0 Å². The molecule has 9 heterocycles. The molecule has 0 saturated carbocycles. The summed E-state index contributed by atoms with van der Waals surface area (Å²) in [5.41, 5.74) is 16.1. The molecule has 0 radical (unpaired) electrons. The lowest BCUT2D eigenvalue weighted by Crippen LogP contribution is -3.00. The molecule has 8 nitrogen and oxygen atoms in total. The lowest BCUT2D eigenvalue weighted by atomic mass is 10.0. The van der Waals surface area contributed by atoms with Crippen LogP contribution >= 0.6 is 0 Å². The maximum absolute atomic E-state index is 5.50. The summed E-state index contributed by atoms with van der Waals surface area (Å²) in [7, 11) is 6.15. The van der Waals surface area contributed by atoms with E-state index in [1.54, 1.807) is 0 Å². The molecular formula is C55H60I4N8. The average Bonchev–Trinajstić information content (AvgIpc) is 4.15. The number of fused-ring (bicyclic) bond motifs is 8. The number of aryl methyl sites for hydroxylation is 4. The van der Waals surface area contributed by atoms with Gasteiger partial charge in [-0.1, -0.05) is 58.3 Å². The zero-order valence-corrected chi connectivity index (χ0v) is 47.5. The second-order valence-corrected chi connectivity index (χ2v) is 17.3. The van der Waals surface area contributed by atoms with Gasteiger partial charge in [0.2, 0.25) is 0 Å². The quantitative estimate of drug-likeness (QED) is 0.0789. The van der Waals surface area contributed by atoms with Gasteiger partial charge in [-0.2, -0.15) is 0 Å². The van der Waals surface area contributed by atoms with Gasteiger partial charge in [-0.15, -0.1) is 0 Å². The molecule has 2 aliphatic rings. The molecule has 8 bridgehead atoms. The molecular weight excluding hydrogens is 1280 g/mol. The van der Waals surface area contributed by atoms with E-state index in [2.05, 4.69) is 196 Å². The highest BCUT2D eigenvalue weighted by Crippen LogP contribution is 2.38. The Hall–Kier alpha value is -3.88. The molecule has 0 fully saturated rings. The van der Waals surface area contributed by atoms with Crippen LogP contribution in [0.1, 0.15) is 93.9 Å². The predicted octanol–water partition coefficient (Wildman–Crippen LogP) is -0.978. The Balaban J connectivity index is 0.00000210. The summed E-state index contributed by atoms with van der Waals surface area (Å²) in [4.78, 5) is 18.7. The lowest BCUT2D eigenvalue weighted by Gasteiger charge is -2.06. The van der Waals surface area contributed by atoms with Crippen LogP contribution in [0, 0.1) is 0 Å². The Bertz CT molecular complexity index is 2910. The zero-order chi connectivity index (χ0) is 43.1. The third-order valence-electron chi connectivity index (χ3n) is 12.5. The highest BCUT2D eigenvalue weighted by atomic mass is 127. The van der Waals surface area contributed by atoms with Crippen molar-refractivity contribution in [1.82, 2.24) is 19.9 Å². The summed E-state index contributed by atoms with van der Waals surface area (Å²) in [6.45, 7) is 3.31. The van der Waals surface area contributed by atoms with Gasteiger partial charge in [0.1, 0.15) is 27.7 Å². The van der Waals surface area contributed by atoms with Crippen LogP contribution in [-0.4, -0.2) is 19.9 Å². The van der Waals surface area contributed by atoms with Crippen LogP contribution in [0.5, 0.6) is 0 Å². The number of halogens is 4. The Morgan fingerprint density at radius 3 is 0.925 bits per heavy atom. The Morgan fingerprint density at radius 2 is 0.627 bits per heavy atom. The first-order valence-corrected chi connectivity index (χ1v) is 22.9. The van der Waals surface area contributed by atoms with E-state index in [0.29, 0.717) is 0 Å². The SMILES string of the molecule is CCCCCCCCCCCC[n+]1ccc(-c2c3nc(c(-c4cc[n+](C)cc4)c4ccc([nH]4)c(-c4cc[n+](C)cc4)c4nc(c(-c5cc[n+](C)cc5)c5ccc2[nH]5)C=C4)C=C3)cc1.[I-].[I-].[I-].[I-]. The molecule has 0 saturated heterocycles. The van der Waals surface area contributed by atoms with Crippen LogP contribution in [-0.2, 0) is 27.7 Å². The normalized spacial score (nSPS) is 11.3. The highest BCUT2D eigenvalue weighted by molar-refractivity contribution is 5.99. The monoisotopic (exact) mass is 1340 g/mol. The number of hydrogen-bond acceptors (Lipinski definition) is 2. The molecule has 2 aliphatic heterocycles. The van der Waals surface area contributed by atoms with Crippen molar-refractivity contribution in [2.45, 2.75) is 77.7 Å². The minimum atomic E-state index is 0. The van der Waals surface area contributed by atoms with Gasteiger partial charge in [-0.3, -0.25) is 0 Å². The van der Waals surface area contributed by atoms with Gasteiger partial charge in [-0.05, 0) is 77.2 Å². The van der Waals surface area contributed by atoms with Crippen molar-refractivity contribution in [3.63, 3.8) is 0 Å². The van der Waals surface area contributed by atoms with Crippen LogP contribution in [0.3, 0.4) is 0 Å². The van der Waals surface area contributed by atoms with E-state index in [4.69, 9.17) is 9.97 Å². The second kappa shape index (κ2) is 25.6. The molecule has 0 spiro atoms. The van der Waals surface area contributed by atoms with Gasteiger partial charge in [0.05, 0.1) is 22.8 Å². The fourth-order valence-electron chi connectivity index (χ4n) is 8.98. The first-order chi connectivity index (χ1) is 30.9. The molecule has 0 amide bonds. The van der Waals surface area contributed by atoms with Crippen LogP contribution in [0.4, 0.5) is 0 Å². The second-order valence-electron chi connectivity index (χ2n) is 17.3. The zero-order valence-electron chi connectivity index (χ0n) is 38.8. The third-order valence-corrected chi connectivity index (χ3v) is 12.5. The first kappa shape index (κ1) is 54.1. The fraction of sp³-hybridized carbons (Fsp3) is 0.273. The van der Waals surface area contributed by atoms with Crippen molar-refractivity contribution in [3.05, 3.63) is 145 Å². The van der Waals surface area contributed by atoms with Crippen LogP contribution in [0.2, 0.25) is 0 Å². The van der Waals surface area contributed by atoms with Crippen molar-refractivity contribution < 1.29 is 114 Å². The third kappa shape index (κ3) is 12.9. The number of hydrogen-bond donors (Lipinski definition) is 2. The van der Waals surface area contributed by atoms with E-state index in [0.717, 1.165) is 95.9 Å². The van der Waals surface area contributed by atoms with Crippen molar-refractivity contribution in [2.75, 3.05) is 0 Å². The Kier molecular flexibility index (Phi) is 20.7. The Labute approximate surface area is 464 Å². The topological polar surface area (TPSA) is 72.9 Å². The number of H-pyrrole nitrogens is 2. The van der Waals surface area contributed by atoms with E-state index in [1.807, 2.05) is 7.05 Å². The number of nitrogens with zero attached hydrogens (tertiary/aromatic N) is 6. The van der Waals surface area contributed by atoms with Gasteiger partial charge in [0, 0.05) is 99.3 Å². The molecule has 0 atom stereocenters. The number of nitrogens with one attached hydrogen (secondary N) is 2. The molecule has 7 aromatic heterocycles. The van der Waals surface area contributed by atoms with Gasteiger partial charge in [-0.25, -0.2) is 28.2 Å². The molecule has 9 rings (SSSR count). The predicted molar refractivity (Wildman–Crippen MR) is 256 cm³/mol. The Morgan fingerprint density at radius 1 is 0.358 bits per heavy atom. The highest BCUT2D eigenvalue weighted by Gasteiger charge is 2.20. The van der Waals surface area contributed by atoms with Gasteiger partial charge < -0.3 is 106 Å². The molecule has 348 valence electrons. The summed E-state index contributed by atoms with van der Waals surface area (Å²) >= 11 is 0. The molecule has 12 heteroatoms. The van der Waals surface area contributed by atoms with Crippen molar-refractivity contribution in [1.29, 1.82) is 0 Å². The fourth-order valence-corrected chi connectivity index (χ4v) is 8.98. The van der Waals surface area contributed by atoms with Crippen LogP contribution in [0.25, 0.3) is 90.9 Å². The maximum atomic E-state index is 5.50. The minimum Gasteiger partial charge on any atom is -1.00 e. The molecule has 7 aromatic rings. The lowest BCUT2D eigenvalue weighted by molar-refractivity contribution is -0.697. The standard InChI is InChI=1S/C55H59N8.4HI/c1-5-6-7-8-9-10-11-12-13-14-31-63-38-29-43(30-39-63)55-50-21-19-48(58-50)53(41-25-34-61(3)35-26-41)46-17-15-44(56-46)52(40-23-32-60(2)33-24-40)45-16-18-47(57-45)54(49-20-22-51(55)59-49)42-27-36-62(4)37-28-42;;;;/h15-30,32-39H,5-14,31H2,1-4H3,(H,56,57,58,59);4*1H/q+3;;;;/p-3. The summed E-state index contributed by atoms with van der Waals surface area (Å²) in [5, 5.41) is 0. The van der Waals surface area contributed by atoms with E-state index < -0.39 is 0 Å². The average molecular weight is 1340 g/mol. The maximum Gasteiger partial charge on any atom is 0.169 e. The molecule has 0 aliphatic carbocycles. The summed E-state index contributed by atoms with van der Waals surface area (Å²) in [6.07, 6.45) is 39.1. The van der Waals surface area contributed by atoms with Crippen LogP contribution < -0.4 is 114 Å². The summed E-state index contributed by atoms with van der Waals surface area (Å²) < 4.78 is 8.53. The minimum absolute atomic E-state index is 0. The van der Waals surface area contributed by atoms with E-state index >= 15 is 0 Å². The molecule has 2 N–H and O–H groups in total. The largest absolute Gasteiger partial charge is 1.00 e. The van der Waals surface area contributed by atoms with Gasteiger partial charge in [0.15, 0.2) is 49.6 Å². The van der Waals surface area contributed by atoms with Crippen molar-refractivity contribution in [2.24, 2.45) is 21.1 Å². The number of aromatic amines is 2. The number of rotatable bonds is 15. The van der Waals surface area contributed by atoms with Crippen LogP contribution in [0.15, 0.2) is 122 Å². The van der Waals surface area contributed by atoms with Gasteiger partial charge in [0.25, 0.3) is 0 Å². The van der Waals surface area contributed by atoms with E-state index in [-0.39, 0.29) is 95.9 Å². The van der Waals surface area contributed by atoms with E-state index in [9.17, 15) is 0 Å². The number of aromatic nitrogens is 8. The van der Waals surface area contributed by atoms with Crippen molar-refractivity contribution >= 4 is 46.4 Å². The van der Waals surface area contributed by atoms with Crippen molar-refractivity contribution in [3.8, 4) is 44.5 Å². The smallest absolute Gasteiger partial charge is 0.169 e. The number of unbranched alkanes of at least 4 members (excludes halogenated alkanes) is 9. The number of pyridine rings is 4. The first-order valence-electron chi connectivity index (χ1n) is 22.9. The van der Waals surface area contributed by atoms with E-state index in [1.165, 1.54) is 64.2 Å². The summed E-state index contributed by atoms with van der Waals surface area (Å²) in [5.74, 6) is 0. The molecule has 67 heavy (non-hydrogen) atoms. The molecule has 0 unspecified atom stereocenters.